The maximum atomic E-state index is 11.1. The number of rotatable bonds is 5. The number of hydrogen-bond donors (Lipinski definition) is 1. The van der Waals surface area contributed by atoms with Crippen LogP contribution in [0.1, 0.15) is 42.7 Å². The molecule has 1 aromatic heterocycles. The zero-order valence-corrected chi connectivity index (χ0v) is 13.3. The van der Waals surface area contributed by atoms with Crippen molar-refractivity contribution in [1.82, 2.24) is 5.32 Å². The fraction of sp³-hybridized carbons (Fsp3) is 0.692. The van der Waals surface area contributed by atoms with E-state index in [9.17, 15) is 4.21 Å². The summed E-state index contributed by atoms with van der Waals surface area (Å²) in [5.74, 6) is 0.776. The fourth-order valence-corrected chi connectivity index (χ4v) is 4.53. The first kappa shape index (κ1) is 14.5. The first-order valence-electron chi connectivity index (χ1n) is 6.40. The van der Waals surface area contributed by atoms with E-state index in [2.05, 4.69) is 18.3 Å². The van der Waals surface area contributed by atoms with Gasteiger partial charge in [-0.2, -0.15) is 0 Å². The van der Waals surface area contributed by atoms with Gasteiger partial charge in [0.15, 0.2) is 0 Å². The van der Waals surface area contributed by atoms with Gasteiger partial charge in [-0.15, -0.1) is 11.3 Å². The minimum absolute atomic E-state index is 0.406. The van der Waals surface area contributed by atoms with Crippen molar-refractivity contribution in [3.05, 3.63) is 20.8 Å². The van der Waals surface area contributed by atoms with Crippen LogP contribution in [0.15, 0.2) is 6.07 Å². The third kappa shape index (κ3) is 3.80. The molecule has 0 spiro atoms. The summed E-state index contributed by atoms with van der Waals surface area (Å²) in [6, 6.07) is 2.95. The lowest BCUT2D eigenvalue weighted by Crippen LogP contribution is -2.33. The Morgan fingerprint density at radius 3 is 3.17 bits per heavy atom. The average molecular weight is 306 g/mol. The lowest BCUT2D eigenvalue weighted by molar-refractivity contribution is 0.406. The molecule has 0 aromatic carbocycles. The molecule has 0 aliphatic heterocycles. The van der Waals surface area contributed by atoms with Gasteiger partial charge in [0.2, 0.25) is 0 Å². The number of nitrogens with one attached hydrogen (secondary N) is 1. The molecule has 1 heterocycles. The second-order valence-electron chi connectivity index (χ2n) is 5.01. The molecule has 0 radical (unpaired) electrons. The number of halogens is 1. The highest BCUT2D eigenvalue weighted by Crippen LogP contribution is 2.38. The quantitative estimate of drug-likeness (QED) is 0.902. The molecule has 2 nitrogen and oxygen atoms in total. The van der Waals surface area contributed by atoms with Gasteiger partial charge in [0.05, 0.1) is 4.34 Å². The highest BCUT2D eigenvalue weighted by Gasteiger charge is 2.23. The highest BCUT2D eigenvalue weighted by molar-refractivity contribution is 7.84. The Bertz CT molecular complexity index is 433. The molecular weight excluding hydrogens is 286 g/mol. The first-order chi connectivity index (χ1) is 8.56. The van der Waals surface area contributed by atoms with Gasteiger partial charge >= 0.3 is 0 Å². The largest absolute Gasteiger partial charge is 0.307 e. The molecule has 0 saturated carbocycles. The number of aryl methyl sites for hydroxylation is 1. The van der Waals surface area contributed by atoms with E-state index in [1.165, 1.54) is 23.3 Å². The molecule has 1 aliphatic carbocycles. The zero-order chi connectivity index (χ0) is 13.1. The van der Waals surface area contributed by atoms with Gasteiger partial charge in [-0.25, -0.2) is 0 Å². The molecule has 3 unspecified atom stereocenters. The minimum Gasteiger partial charge on any atom is -0.307 e. The molecule has 0 saturated heterocycles. The lowest BCUT2D eigenvalue weighted by Gasteiger charge is -2.27. The molecule has 1 N–H and O–H groups in total. The van der Waals surface area contributed by atoms with Gasteiger partial charge in [-0.05, 0) is 44.2 Å². The molecule has 1 aromatic rings. The van der Waals surface area contributed by atoms with Gasteiger partial charge in [-0.1, -0.05) is 11.6 Å². The normalized spacial score (nSPS) is 22.5. The zero-order valence-electron chi connectivity index (χ0n) is 10.9. The minimum atomic E-state index is -0.693. The van der Waals surface area contributed by atoms with E-state index in [0.717, 1.165) is 22.9 Å². The maximum absolute atomic E-state index is 11.1. The monoisotopic (exact) mass is 305 g/mol. The van der Waals surface area contributed by atoms with Crippen molar-refractivity contribution in [3.8, 4) is 0 Å². The summed E-state index contributed by atoms with van der Waals surface area (Å²) in [6.45, 7) is 2.18. The van der Waals surface area contributed by atoms with E-state index >= 15 is 0 Å². The molecular formula is C13H20ClNOS2. The molecule has 18 heavy (non-hydrogen) atoms. The Morgan fingerprint density at radius 2 is 2.44 bits per heavy atom. The molecule has 0 fully saturated rings. The third-order valence-corrected chi connectivity index (χ3v) is 5.56. The van der Waals surface area contributed by atoms with Crippen molar-refractivity contribution >= 4 is 33.7 Å². The van der Waals surface area contributed by atoms with Crippen molar-refractivity contribution in [2.45, 2.75) is 44.7 Å². The molecule has 102 valence electrons. The summed E-state index contributed by atoms with van der Waals surface area (Å²) in [6.07, 6.45) is 6.31. The Balaban J connectivity index is 1.96. The molecule has 0 amide bonds. The second-order valence-corrected chi connectivity index (χ2v) is 8.33. The molecule has 1 aliphatic rings. The summed E-state index contributed by atoms with van der Waals surface area (Å²) in [5, 5.41) is 3.66. The summed E-state index contributed by atoms with van der Waals surface area (Å²) in [7, 11) is -0.693. The van der Waals surface area contributed by atoms with Gasteiger partial charge in [0.25, 0.3) is 0 Å². The third-order valence-electron chi connectivity index (χ3n) is 3.41. The Labute approximate surface area is 121 Å². The Kier molecular flexibility index (Phi) is 5.24. The number of thiophene rings is 1. The number of fused-ring (bicyclic) bond motifs is 1. The predicted molar refractivity (Wildman–Crippen MR) is 81.2 cm³/mol. The SMILES string of the molecule is CC(CCS(C)=O)NC1CCCc2sc(Cl)cc21. The van der Waals surface area contributed by atoms with Gasteiger partial charge in [-0.3, -0.25) is 4.21 Å². The van der Waals surface area contributed by atoms with Crippen LogP contribution in [0.4, 0.5) is 0 Å². The van der Waals surface area contributed by atoms with Crippen LogP contribution in [0.3, 0.4) is 0 Å². The smallest absolute Gasteiger partial charge is 0.0934 e. The van der Waals surface area contributed by atoms with Crippen LogP contribution in [0.5, 0.6) is 0 Å². The van der Waals surface area contributed by atoms with Crippen molar-refractivity contribution in [2.75, 3.05) is 12.0 Å². The van der Waals surface area contributed by atoms with Crippen LogP contribution < -0.4 is 5.32 Å². The summed E-state index contributed by atoms with van der Waals surface area (Å²) >= 11 is 7.82. The maximum Gasteiger partial charge on any atom is 0.0934 e. The molecule has 3 atom stereocenters. The summed E-state index contributed by atoms with van der Waals surface area (Å²) < 4.78 is 12.0. The first-order valence-corrected chi connectivity index (χ1v) is 9.32. The van der Waals surface area contributed by atoms with E-state index in [1.54, 1.807) is 17.6 Å². The molecule has 2 rings (SSSR count). The standard InChI is InChI=1S/C13H20ClNOS2/c1-9(6-7-18(2)16)15-11-4-3-5-12-10(11)8-13(14)17-12/h8-9,11,15H,3-7H2,1-2H3. The van der Waals surface area contributed by atoms with E-state index in [-0.39, 0.29) is 0 Å². The van der Waals surface area contributed by atoms with Crippen molar-refractivity contribution in [2.24, 2.45) is 0 Å². The Morgan fingerprint density at radius 1 is 1.67 bits per heavy atom. The van der Waals surface area contributed by atoms with Crippen LogP contribution >= 0.6 is 22.9 Å². The molecule has 0 bridgehead atoms. The van der Waals surface area contributed by atoms with Gasteiger partial charge in [0, 0.05) is 39.8 Å². The van der Waals surface area contributed by atoms with Crippen molar-refractivity contribution in [1.29, 1.82) is 0 Å². The fourth-order valence-electron chi connectivity index (χ4n) is 2.46. The van der Waals surface area contributed by atoms with Crippen LogP contribution in [0, 0.1) is 0 Å². The van der Waals surface area contributed by atoms with Gasteiger partial charge < -0.3 is 5.32 Å². The average Bonchev–Trinajstić information content (AvgIpc) is 2.68. The Hall–Kier alpha value is 0.1000. The van der Waals surface area contributed by atoms with E-state index in [0.29, 0.717) is 12.1 Å². The van der Waals surface area contributed by atoms with Crippen molar-refractivity contribution < 1.29 is 4.21 Å². The van der Waals surface area contributed by atoms with E-state index in [1.807, 2.05) is 0 Å². The second kappa shape index (κ2) is 6.51. The van der Waals surface area contributed by atoms with Crippen LogP contribution in [-0.4, -0.2) is 22.3 Å². The van der Waals surface area contributed by atoms with Crippen LogP contribution in [0.2, 0.25) is 4.34 Å². The van der Waals surface area contributed by atoms with Crippen LogP contribution in [0.25, 0.3) is 0 Å². The van der Waals surface area contributed by atoms with Crippen LogP contribution in [-0.2, 0) is 17.2 Å². The predicted octanol–water partition coefficient (Wildman–Crippen LogP) is 3.53. The van der Waals surface area contributed by atoms with E-state index < -0.39 is 10.8 Å². The topological polar surface area (TPSA) is 29.1 Å². The summed E-state index contributed by atoms with van der Waals surface area (Å²) in [5.41, 5.74) is 1.39. The molecule has 5 heteroatoms. The number of hydrogen-bond acceptors (Lipinski definition) is 3. The van der Waals surface area contributed by atoms with E-state index in [4.69, 9.17) is 11.6 Å². The summed E-state index contributed by atoms with van der Waals surface area (Å²) in [4.78, 5) is 1.44. The van der Waals surface area contributed by atoms with Gasteiger partial charge in [0.1, 0.15) is 0 Å². The van der Waals surface area contributed by atoms with Crippen molar-refractivity contribution in [3.63, 3.8) is 0 Å². The highest BCUT2D eigenvalue weighted by atomic mass is 35.5. The lowest BCUT2D eigenvalue weighted by atomic mass is 9.93.